The number of hydrogen-bond acceptors (Lipinski definition) is 4. The topological polar surface area (TPSA) is 90.0 Å². The highest BCUT2D eigenvalue weighted by molar-refractivity contribution is 9.10. The molecule has 0 fully saturated rings. The highest BCUT2D eigenvalue weighted by atomic mass is 79.9. The summed E-state index contributed by atoms with van der Waals surface area (Å²) >= 11 is 3.43. The van der Waals surface area contributed by atoms with Gasteiger partial charge in [0, 0.05) is 11.3 Å². The highest BCUT2D eigenvalue weighted by Crippen LogP contribution is 2.17. The normalized spacial score (nSPS) is 10.5. The van der Waals surface area contributed by atoms with Crippen LogP contribution in [-0.4, -0.2) is 15.5 Å². The van der Waals surface area contributed by atoms with Crippen LogP contribution >= 0.6 is 15.9 Å². The fourth-order valence-electron chi connectivity index (χ4n) is 1.99. The molecule has 1 amide bonds. The number of hydrazine groups is 1. The summed E-state index contributed by atoms with van der Waals surface area (Å²) < 4.78 is 2.40. The summed E-state index contributed by atoms with van der Waals surface area (Å²) in [6, 6.07) is 6.89. The Labute approximate surface area is 130 Å². The molecule has 0 radical (unpaired) electrons. The first-order valence-electron chi connectivity index (χ1n) is 6.27. The highest BCUT2D eigenvalue weighted by Gasteiger charge is 2.10. The van der Waals surface area contributed by atoms with Gasteiger partial charge in [-0.25, -0.2) is 10.6 Å². The fourth-order valence-corrected chi connectivity index (χ4v) is 2.29. The molecule has 0 aliphatic carbocycles. The van der Waals surface area contributed by atoms with Gasteiger partial charge in [-0.1, -0.05) is 12.1 Å². The Bertz CT molecular complexity index is 738. The first kappa shape index (κ1) is 15.4. The van der Waals surface area contributed by atoms with E-state index in [-0.39, 0.29) is 11.6 Å². The van der Waals surface area contributed by atoms with Gasteiger partial charge in [0.1, 0.15) is 0 Å². The molecule has 0 aliphatic heterocycles. The molecule has 2 rings (SSSR count). The number of carbonyl (C=O) groups excluding carboxylic acids is 1. The van der Waals surface area contributed by atoms with Gasteiger partial charge in [0.05, 0.1) is 16.7 Å². The van der Waals surface area contributed by atoms with E-state index in [1.54, 1.807) is 35.8 Å². The first-order chi connectivity index (χ1) is 9.93. The van der Waals surface area contributed by atoms with E-state index in [2.05, 4.69) is 26.3 Å². The van der Waals surface area contributed by atoms with Crippen LogP contribution in [0.4, 0.5) is 0 Å². The van der Waals surface area contributed by atoms with Gasteiger partial charge in [-0.2, -0.15) is 4.98 Å². The first-order valence-corrected chi connectivity index (χ1v) is 7.06. The Hall–Kier alpha value is -1.99. The van der Waals surface area contributed by atoms with Gasteiger partial charge in [-0.15, -0.1) is 0 Å². The van der Waals surface area contributed by atoms with Crippen molar-refractivity contribution in [3.8, 4) is 0 Å². The minimum Gasteiger partial charge on any atom is -0.291 e. The zero-order valence-corrected chi connectivity index (χ0v) is 13.3. The number of nitrogens with zero attached hydrogens (tertiary/aromatic N) is 2. The summed E-state index contributed by atoms with van der Waals surface area (Å²) in [7, 11) is 0. The number of hydrogen-bond donors (Lipinski definition) is 2. The van der Waals surface area contributed by atoms with Gasteiger partial charge < -0.3 is 0 Å². The van der Waals surface area contributed by atoms with E-state index in [0.29, 0.717) is 17.8 Å². The van der Waals surface area contributed by atoms with Crippen molar-refractivity contribution in [1.29, 1.82) is 0 Å². The molecule has 7 heteroatoms. The van der Waals surface area contributed by atoms with Crippen LogP contribution in [0.25, 0.3) is 0 Å². The van der Waals surface area contributed by atoms with Crippen molar-refractivity contribution < 1.29 is 4.79 Å². The second-order valence-corrected chi connectivity index (χ2v) is 5.43. The number of benzene rings is 1. The minimum absolute atomic E-state index is 0.294. The lowest BCUT2D eigenvalue weighted by Gasteiger charge is -2.12. The molecule has 1 aromatic heterocycles. The van der Waals surface area contributed by atoms with Crippen molar-refractivity contribution >= 4 is 21.8 Å². The summed E-state index contributed by atoms with van der Waals surface area (Å²) in [5.41, 5.74) is 4.62. The monoisotopic (exact) mass is 350 g/mol. The third kappa shape index (κ3) is 3.20. The maximum absolute atomic E-state index is 12.0. The largest absolute Gasteiger partial charge is 0.348 e. The van der Waals surface area contributed by atoms with Gasteiger partial charge in [0.25, 0.3) is 5.91 Å². The third-order valence-electron chi connectivity index (χ3n) is 3.22. The van der Waals surface area contributed by atoms with E-state index >= 15 is 0 Å². The Balaban J connectivity index is 2.33. The molecule has 0 unspecified atom stereocenters. The van der Waals surface area contributed by atoms with Crippen LogP contribution in [0.1, 0.15) is 27.3 Å². The molecule has 0 aliphatic rings. The Morgan fingerprint density at radius 3 is 2.52 bits per heavy atom. The van der Waals surface area contributed by atoms with Crippen LogP contribution in [0.15, 0.2) is 33.5 Å². The number of aryl methyl sites for hydroxylation is 1. The molecule has 3 N–H and O–H groups in total. The number of nitrogens with one attached hydrogen (secondary N) is 1. The van der Waals surface area contributed by atoms with Gasteiger partial charge >= 0.3 is 5.69 Å². The van der Waals surface area contributed by atoms with E-state index in [4.69, 9.17) is 5.84 Å². The Morgan fingerprint density at radius 1 is 1.33 bits per heavy atom. The molecule has 0 spiro atoms. The number of carbonyl (C=O) groups is 1. The van der Waals surface area contributed by atoms with Crippen molar-refractivity contribution in [2.24, 2.45) is 5.84 Å². The van der Waals surface area contributed by atoms with Crippen LogP contribution in [0.3, 0.4) is 0 Å². The van der Waals surface area contributed by atoms with Gasteiger partial charge in [-0.05, 0) is 47.5 Å². The molecule has 6 nitrogen and oxygen atoms in total. The van der Waals surface area contributed by atoms with Gasteiger partial charge in [0.2, 0.25) is 0 Å². The summed E-state index contributed by atoms with van der Waals surface area (Å²) in [4.78, 5) is 27.3. The molecule has 0 atom stereocenters. The Kier molecular flexibility index (Phi) is 4.54. The number of halogens is 1. The van der Waals surface area contributed by atoms with Crippen LogP contribution in [0, 0.1) is 13.8 Å². The predicted molar refractivity (Wildman–Crippen MR) is 82.9 cm³/mol. The summed E-state index contributed by atoms with van der Waals surface area (Å²) in [6.45, 7) is 4.03. The van der Waals surface area contributed by atoms with Crippen molar-refractivity contribution in [3.63, 3.8) is 0 Å². The van der Waals surface area contributed by atoms with Crippen molar-refractivity contribution in [1.82, 2.24) is 15.0 Å². The van der Waals surface area contributed by atoms with Crippen molar-refractivity contribution in [2.45, 2.75) is 20.4 Å². The molecular weight excluding hydrogens is 336 g/mol. The summed E-state index contributed by atoms with van der Waals surface area (Å²) in [5.74, 6) is 4.73. The lowest BCUT2D eigenvalue weighted by atomic mass is 10.1. The number of amides is 1. The van der Waals surface area contributed by atoms with Crippen molar-refractivity contribution in [2.75, 3.05) is 0 Å². The van der Waals surface area contributed by atoms with Crippen LogP contribution < -0.4 is 17.0 Å². The van der Waals surface area contributed by atoms with Crippen LogP contribution in [0.2, 0.25) is 0 Å². The standard InChI is InChI=1S/C14H15BrN4O2/c1-8-12(15)9(2)19(14(21)17-8)7-10-3-5-11(6-4-10)13(20)18-16/h3-6H,7,16H2,1-2H3,(H,18,20). The van der Waals surface area contributed by atoms with Gasteiger partial charge in [0.15, 0.2) is 0 Å². The molecule has 0 bridgehead atoms. The average molecular weight is 351 g/mol. The van der Waals surface area contributed by atoms with Crippen LogP contribution in [0.5, 0.6) is 0 Å². The third-order valence-corrected chi connectivity index (χ3v) is 4.37. The number of nitrogens with two attached hydrogens (primary N) is 1. The smallest absolute Gasteiger partial charge is 0.291 e. The average Bonchev–Trinajstić information content (AvgIpc) is 2.49. The maximum Gasteiger partial charge on any atom is 0.348 e. The zero-order chi connectivity index (χ0) is 15.6. The lowest BCUT2D eigenvalue weighted by Crippen LogP contribution is -2.30. The zero-order valence-electron chi connectivity index (χ0n) is 11.7. The minimum atomic E-state index is -0.352. The van der Waals surface area contributed by atoms with E-state index < -0.39 is 0 Å². The van der Waals surface area contributed by atoms with E-state index in [0.717, 1.165) is 15.7 Å². The molecule has 21 heavy (non-hydrogen) atoms. The Morgan fingerprint density at radius 2 is 1.95 bits per heavy atom. The van der Waals surface area contributed by atoms with Gasteiger partial charge in [-0.3, -0.25) is 14.8 Å². The lowest BCUT2D eigenvalue weighted by molar-refractivity contribution is 0.0953. The second-order valence-electron chi connectivity index (χ2n) is 4.64. The molecule has 0 saturated heterocycles. The second kappa shape index (κ2) is 6.19. The predicted octanol–water partition coefficient (Wildman–Crippen LogP) is 1.27. The molecule has 110 valence electrons. The van der Waals surface area contributed by atoms with Crippen molar-refractivity contribution in [3.05, 3.63) is 61.7 Å². The summed E-state index contributed by atoms with van der Waals surface area (Å²) in [6.07, 6.45) is 0. The maximum atomic E-state index is 12.0. The molecular formula is C14H15BrN4O2. The van der Waals surface area contributed by atoms with E-state index in [1.165, 1.54) is 0 Å². The summed E-state index contributed by atoms with van der Waals surface area (Å²) in [5, 5.41) is 0. The van der Waals surface area contributed by atoms with E-state index in [9.17, 15) is 9.59 Å². The van der Waals surface area contributed by atoms with E-state index in [1.807, 2.05) is 6.92 Å². The number of rotatable bonds is 3. The SMILES string of the molecule is Cc1nc(=O)n(Cc2ccc(C(=O)NN)cc2)c(C)c1Br. The number of aromatic nitrogens is 2. The van der Waals surface area contributed by atoms with Crippen LogP contribution in [-0.2, 0) is 6.54 Å². The fraction of sp³-hybridized carbons (Fsp3) is 0.214. The molecule has 2 aromatic rings. The molecule has 1 aromatic carbocycles. The quantitative estimate of drug-likeness (QED) is 0.495. The number of nitrogen functional groups attached to an aromatic ring is 1. The molecule has 0 saturated carbocycles. The molecule has 1 heterocycles.